The molecule has 1 saturated heterocycles. The van der Waals surface area contributed by atoms with Gasteiger partial charge in [0.1, 0.15) is 4.24 Å². The first kappa shape index (κ1) is 27.3. The summed E-state index contributed by atoms with van der Waals surface area (Å²) >= 11 is 0.247. The van der Waals surface area contributed by atoms with E-state index in [-0.39, 0.29) is 60.0 Å². The summed E-state index contributed by atoms with van der Waals surface area (Å²) in [4.78, 5) is 1.93. The van der Waals surface area contributed by atoms with E-state index in [0.29, 0.717) is 19.8 Å². The van der Waals surface area contributed by atoms with Crippen LogP contribution in [0.3, 0.4) is 0 Å². The van der Waals surface area contributed by atoms with Gasteiger partial charge in [-0.3, -0.25) is 4.90 Å². The molecule has 0 saturated carbocycles. The summed E-state index contributed by atoms with van der Waals surface area (Å²) in [5.74, 6) is 0. The van der Waals surface area contributed by atoms with Crippen molar-refractivity contribution >= 4 is 54.1 Å². The highest BCUT2D eigenvalue weighted by molar-refractivity contribution is 8.34. The zero-order valence-electron chi connectivity index (χ0n) is 17.1. The van der Waals surface area contributed by atoms with Gasteiger partial charge >= 0.3 is 0 Å². The molecular formula is C15H28ClN3O8S4. The van der Waals surface area contributed by atoms with Crippen molar-refractivity contribution in [1.29, 1.82) is 0 Å². The molecule has 16 heteroatoms. The van der Waals surface area contributed by atoms with Crippen LogP contribution in [0.25, 0.3) is 0 Å². The fraction of sp³-hybridized carbons (Fsp3) is 0.867. The first-order chi connectivity index (χ1) is 13.8. The number of halogens is 1. The molecule has 2 unspecified atom stereocenters. The van der Waals surface area contributed by atoms with E-state index < -0.39 is 50.5 Å². The van der Waals surface area contributed by atoms with Gasteiger partial charge in [0.05, 0.1) is 18.0 Å². The molecule has 182 valence electrons. The second kappa shape index (κ2) is 9.00. The van der Waals surface area contributed by atoms with Crippen LogP contribution < -0.4 is 10.3 Å². The fourth-order valence-electron chi connectivity index (χ4n) is 4.42. The van der Waals surface area contributed by atoms with E-state index in [4.69, 9.17) is 19.8 Å². The van der Waals surface area contributed by atoms with E-state index in [9.17, 15) is 25.3 Å². The molecule has 0 aromatic heterocycles. The van der Waals surface area contributed by atoms with Gasteiger partial charge in [0, 0.05) is 32.7 Å². The highest BCUT2D eigenvalue weighted by Crippen LogP contribution is 2.61. The summed E-state index contributed by atoms with van der Waals surface area (Å²) in [7, 11) is -12.0. The second-order valence-corrected chi connectivity index (χ2v) is 15.9. The third kappa shape index (κ3) is 4.19. The van der Waals surface area contributed by atoms with E-state index in [1.807, 2.05) is 11.8 Å². The van der Waals surface area contributed by atoms with Gasteiger partial charge in [-0.25, -0.2) is 35.5 Å². The van der Waals surface area contributed by atoms with Gasteiger partial charge in [0.2, 0.25) is 20.0 Å². The molecule has 0 aliphatic carbocycles. The minimum atomic E-state index is -4.73. The van der Waals surface area contributed by atoms with E-state index in [0.717, 1.165) is 0 Å². The number of likely N-dealkylation sites (N-methyl/N-ethyl adjacent to an activating group) is 1. The molecule has 2 atom stereocenters. The lowest BCUT2D eigenvalue weighted by molar-refractivity contribution is 0.0655. The number of sulfone groups is 1. The number of hydrogen-bond donors (Lipinski definition) is 2. The number of ether oxygens (including phenoxy) is 2. The normalized spacial score (nSPS) is 29.6. The van der Waals surface area contributed by atoms with Crippen LogP contribution >= 0.6 is 24.2 Å². The summed E-state index contributed by atoms with van der Waals surface area (Å²) in [5.41, 5.74) is 0.262. The maximum Gasteiger partial charge on any atom is 0.254 e. The Kier molecular flexibility index (Phi) is 7.92. The first-order valence-corrected chi connectivity index (χ1v) is 14.7. The lowest BCUT2D eigenvalue weighted by Gasteiger charge is -2.32. The van der Waals surface area contributed by atoms with E-state index >= 15 is 0 Å². The molecular weight excluding hydrogens is 514 g/mol. The van der Waals surface area contributed by atoms with Crippen molar-refractivity contribution in [3.63, 3.8) is 0 Å². The van der Waals surface area contributed by atoms with Crippen LogP contribution in [0.15, 0.2) is 9.81 Å². The number of likely N-dealkylation sites (tertiary alicyclic amines) is 1. The molecule has 0 amide bonds. The van der Waals surface area contributed by atoms with Gasteiger partial charge in [-0.1, -0.05) is 18.7 Å². The summed E-state index contributed by atoms with van der Waals surface area (Å²) in [6.45, 7) is 3.51. The predicted molar refractivity (Wildman–Crippen MR) is 120 cm³/mol. The summed E-state index contributed by atoms with van der Waals surface area (Å²) in [6, 6.07) is -0.398. The maximum atomic E-state index is 13.6. The van der Waals surface area contributed by atoms with E-state index in [1.165, 1.54) is 7.11 Å². The third-order valence-corrected chi connectivity index (χ3v) is 15.5. The van der Waals surface area contributed by atoms with Crippen molar-refractivity contribution < 1.29 is 34.7 Å². The minimum absolute atomic E-state index is 0. The van der Waals surface area contributed by atoms with Crippen molar-refractivity contribution in [2.75, 3.05) is 40.0 Å². The smallest absolute Gasteiger partial charge is 0.254 e. The Morgan fingerprint density at radius 3 is 2.29 bits per heavy atom. The molecule has 3 aliphatic rings. The average Bonchev–Trinajstić information content (AvgIpc) is 3.20. The molecule has 1 fully saturated rings. The summed E-state index contributed by atoms with van der Waals surface area (Å²) < 4.78 is 82.8. The first-order valence-electron chi connectivity index (χ1n) is 9.28. The third-order valence-electron chi connectivity index (χ3n) is 6.04. The Hall–Kier alpha value is 0.0300. The summed E-state index contributed by atoms with van der Waals surface area (Å²) in [6.07, 6.45) is -0.131. The Morgan fingerprint density at radius 1 is 1.16 bits per heavy atom. The Morgan fingerprint density at radius 2 is 1.77 bits per heavy atom. The molecule has 0 spiro atoms. The van der Waals surface area contributed by atoms with Crippen LogP contribution in [0.1, 0.15) is 26.2 Å². The van der Waals surface area contributed by atoms with Gasteiger partial charge in [0.25, 0.3) is 3.41 Å². The molecule has 11 nitrogen and oxygen atoms in total. The van der Waals surface area contributed by atoms with Gasteiger partial charge < -0.3 is 9.47 Å². The van der Waals surface area contributed by atoms with Crippen molar-refractivity contribution in [3.05, 3.63) is 9.81 Å². The fourth-order valence-corrected chi connectivity index (χ4v) is 12.4. The number of nitrogens with zero attached hydrogens (tertiary/aromatic N) is 1. The molecule has 0 aromatic carbocycles. The van der Waals surface area contributed by atoms with Crippen LogP contribution in [0.2, 0.25) is 0 Å². The SMILES string of the molecule is CCN1CC2(CCOCCOC)CC1C1=C(SC(S(N)(=O)=O)(S(N)(=O)=O)C1)S2(=O)=O.Cl. The quantitative estimate of drug-likeness (QED) is 0.355. The molecule has 2 bridgehead atoms. The van der Waals surface area contributed by atoms with Gasteiger partial charge in [-0.2, -0.15) is 0 Å². The van der Waals surface area contributed by atoms with Gasteiger partial charge in [-0.05, 0) is 25.0 Å². The zero-order valence-corrected chi connectivity index (χ0v) is 21.2. The van der Waals surface area contributed by atoms with Crippen LogP contribution in [0.5, 0.6) is 0 Å². The molecule has 3 heterocycles. The van der Waals surface area contributed by atoms with E-state index in [1.54, 1.807) is 0 Å². The second-order valence-electron chi connectivity index (χ2n) is 7.69. The highest BCUT2D eigenvalue weighted by Gasteiger charge is 2.67. The van der Waals surface area contributed by atoms with Crippen molar-refractivity contribution in [3.8, 4) is 0 Å². The Labute approximate surface area is 193 Å². The molecule has 0 radical (unpaired) electrons. The predicted octanol–water partition coefficient (Wildman–Crippen LogP) is -0.698. The standard InChI is InChI=1S/C15H27N3O8S4.ClH/c1-3-18-10-14(4-5-26-7-6-25-2)9-12(18)11-8-15(29(16,21)22,30(17,23)24)27-13(11)28(14,19)20;/h12H,3-10H2,1-2H3,(H2,16,21,22)(H2,17,23,24);1H. The number of thioether (sulfide) groups is 1. The van der Waals surface area contributed by atoms with Crippen molar-refractivity contribution in [2.45, 2.75) is 40.4 Å². The van der Waals surface area contributed by atoms with Crippen LogP contribution in [0.4, 0.5) is 0 Å². The number of fused-ring (bicyclic) bond motifs is 3. The van der Waals surface area contributed by atoms with Gasteiger partial charge in [-0.15, -0.1) is 12.4 Å². The van der Waals surface area contributed by atoms with Crippen molar-refractivity contribution in [1.82, 2.24) is 4.90 Å². The average molecular weight is 542 g/mol. The Balaban J connectivity index is 0.00000341. The lowest BCUT2D eigenvalue weighted by atomic mass is 9.95. The largest absolute Gasteiger partial charge is 0.382 e. The number of methoxy groups -OCH3 is 1. The number of hydrogen-bond acceptors (Lipinski definition) is 10. The number of primary sulfonamides is 2. The van der Waals surface area contributed by atoms with E-state index in [2.05, 4.69) is 0 Å². The number of rotatable bonds is 9. The maximum absolute atomic E-state index is 13.6. The molecule has 0 aromatic rings. The van der Waals surface area contributed by atoms with Crippen molar-refractivity contribution in [2.24, 2.45) is 10.3 Å². The van der Waals surface area contributed by atoms with Crippen LogP contribution in [0, 0.1) is 0 Å². The van der Waals surface area contributed by atoms with Crippen LogP contribution in [-0.4, -0.2) is 84.4 Å². The number of sulfonamides is 2. The molecule has 31 heavy (non-hydrogen) atoms. The lowest BCUT2D eigenvalue weighted by Crippen LogP contribution is -2.50. The van der Waals surface area contributed by atoms with Gasteiger partial charge in [0.15, 0.2) is 9.84 Å². The number of nitrogens with two attached hydrogens (primary N) is 2. The Bertz CT molecular complexity index is 1030. The minimum Gasteiger partial charge on any atom is -0.382 e. The highest BCUT2D eigenvalue weighted by atomic mass is 35.5. The topological polar surface area (TPSA) is 176 Å². The zero-order chi connectivity index (χ0) is 22.6. The molecule has 4 N–H and O–H groups in total. The monoisotopic (exact) mass is 541 g/mol. The molecule has 3 rings (SSSR count). The summed E-state index contributed by atoms with van der Waals surface area (Å²) in [5, 5.41) is 10.5. The van der Waals surface area contributed by atoms with Crippen LogP contribution in [-0.2, 0) is 39.4 Å². The molecule has 3 aliphatic heterocycles.